The SMILES string of the molecule is CNc1ncnc(NC(C)C(=O)NC(C)C)c1C. The Bertz CT molecular complexity index is 419. The molecule has 0 spiro atoms. The number of anilines is 2. The Hall–Kier alpha value is -1.85. The van der Waals surface area contributed by atoms with Crippen LogP contribution in [0.3, 0.4) is 0 Å². The van der Waals surface area contributed by atoms with E-state index in [1.54, 1.807) is 14.0 Å². The quantitative estimate of drug-likeness (QED) is 0.731. The number of nitrogens with one attached hydrogen (secondary N) is 3. The van der Waals surface area contributed by atoms with Crippen molar-refractivity contribution < 1.29 is 4.79 Å². The van der Waals surface area contributed by atoms with Crippen LogP contribution in [0.5, 0.6) is 0 Å². The monoisotopic (exact) mass is 251 g/mol. The number of rotatable bonds is 5. The van der Waals surface area contributed by atoms with E-state index < -0.39 is 0 Å². The first-order valence-electron chi connectivity index (χ1n) is 6.02. The lowest BCUT2D eigenvalue weighted by molar-refractivity contribution is -0.122. The molecule has 0 bridgehead atoms. The van der Waals surface area contributed by atoms with Gasteiger partial charge < -0.3 is 16.0 Å². The summed E-state index contributed by atoms with van der Waals surface area (Å²) >= 11 is 0. The van der Waals surface area contributed by atoms with Gasteiger partial charge in [0.25, 0.3) is 0 Å². The van der Waals surface area contributed by atoms with Crippen LogP contribution in [-0.4, -0.2) is 35.0 Å². The van der Waals surface area contributed by atoms with Gasteiger partial charge in [0.15, 0.2) is 0 Å². The summed E-state index contributed by atoms with van der Waals surface area (Å²) in [4.78, 5) is 20.0. The first-order valence-corrected chi connectivity index (χ1v) is 6.02. The highest BCUT2D eigenvalue weighted by molar-refractivity contribution is 5.84. The minimum atomic E-state index is -0.342. The zero-order valence-corrected chi connectivity index (χ0v) is 11.5. The molecule has 1 aromatic heterocycles. The highest BCUT2D eigenvalue weighted by Gasteiger charge is 2.15. The Morgan fingerprint density at radius 1 is 1.22 bits per heavy atom. The van der Waals surface area contributed by atoms with Gasteiger partial charge >= 0.3 is 0 Å². The van der Waals surface area contributed by atoms with E-state index in [2.05, 4.69) is 25.9 Å². The van der Waals surface area contributed by atoms with Crippen LogP contribution in [-0.2, 0) is 4.79 Å². The topological polar surface area (TPSA) is 78.9 Å². The molecule has 1 heterocycles. The maximum Gasteiger partial charge on any atom is 0.242 e. The lowest BCUT2D eigenvalue weighted by atomic mass is 10.2. The normalized spacial score (nSPS) is 12.1. The Morgan fingerprint density at radius 3 is 2.39 bits per heavy atom. The molecule has 0 aromatic carbocycles. The van der Waals surface area contributed by atoms with Crippen molar-refractivity contribution in [3.63, 3.8) is 0 Å². The van der Waals surface area contributed by atoms with Crippen molar-refractivity contribution in [2.75, 3.05) is 17.7 Å². The van der Waals surface area contributed by atoms with Crippen LogP contribution in [0.1, 0.15) is 26.3 Å². The molecule has 0 aliphatic rings. The third kappa shape index (κ3) is 3.58. The molecule has 6 nitrogen and oxygen atoms in total. The minimum Gasteiger partial charge on any atom is -0.373 e. The number of carbonyl (C=O) groups is 1. The molecule has 3 N–H and O–H groups in total. The smallest absolute Gasteiger partial charge is 0.242 e. The number of hydrogen-bond acceptors (Lipinski definition) is 5. The van der Waals surface area contributed by atoms with Gasteiger partial charge in [-0.15, -0.1) is 0 Å². The fourth-order valence-electron chi connectivity index (χ4n) is 1.53. The summed E-state index contributed by atoms with van der Waals surface area (Å²) in [5.41, 5.74) is 0.893. The molecular weight excluding hydrogens is 230 g/mol. The average Bonchev–Trinajstić information content (AvgIpc) is 2.30. The van der Waals surface area contributed by atoms with Crippen molar-refractivity contribution in [3.05, 3.63) is 11.9 Å². The van der Waals surface area contributed by atoms with E-state index >= 15 is 0 Å². The van der Waals surface area contributed by atoms with Crippen molar-refractivity contribution in [1.29, 1.82) is 0 Å². The number of amides is 1. The Balaban J connectivity index is 2.75. The van der Waals surface area contributed by atoms with E-state index in [1.165, 1.54) is 6.33 Å². The second-order valence-corrected chi connectivity index (χ2v) is 4.48. The predicted octanol–water partition coefficient (Wildman–Crippen LogP) is 1.15. The molecule has 1 atom stereocenters. The molecule has 0 aliphatic heterocycles. The van der Waals surface area contributed by atoms with E-state index in [1.807, 2.05) is 20.8 Å². The standard InChI is InChI=1S/C12H21N5O/c1-7(2)16-12(18)9(4)17-11-8(3)10(13-5)14-6-15-11/h6-7,9H,1-5H3,(H,16,18)(H2,13,14,15,17). The minimum absolute atomic E-state index is 0.0472. The summed E-state index contributed by atoms with van der Waals surface area (Å²) in [5, 5.41) is 8.92. The largest absolute Gasteiger partial charge is 0.373 e. The van der Waals surface area contributed by atoms with Crippen molar-refractivity contribution in [2.24, 2.45) is 0 Å². The van der Waals surface area contributed by atoms with Gasteiger partial charge in [-0.05, 0) is 27.7 Å². The van der Waals surface area contributed by atoms with Crippen LogP contribution in [0, 0.1) is 6.92 Å². The first-order chi connectivity index (χ1) is 8.45. The molecule has 1 rings (SSSR count). The number of carbonyl (C=O) groups excluding carboxylic acids is 1. The van der Waals surface area contributed by atoms with Crippen LogP contribution in [0.2, 0.25) is 0 Å². The van der Waals surface area contributed by atoms with Crippen molar-refractivity contribution in [2.45, 2.75) is 39.8 Å². The molecule has 0 radical (unpaired) electrons. The molecule has 1 unspecified atom stereocenters. The molecule has 18 heavy (non-hydrogen) atoms. The summed E-state index contributed by atoms with van der Waals surface area (Å²) in [6, 6.07) is -0.216. The molecule has 1 amide bonds. The highest BCUT2D eigenvalue weighted by Crippen LogP contribution is 2.18. The van der Waals surface area contributed by atoms with Crippen molar-refractivity contribution >= 4 is 17.5 Å². The fourth-order valence-corrected chi connectivity index (χ4v) is 1.53. The fraction of sp³-hybridized carbons (Fsp3) is 0.583. The zero-order valence-electron chi connectivity index (χ0n) is 11.5. The highest BCUT2D eigenvalue weighted by atomic mass is 16.2. The second kappa shape index (κ2) is 6.18. The summed E-state index contributed by atoms with van der Waals surface area (Å²) in [6.07, 6.45) is 1.47. The number of hydrogen-bond donors (Lipinski definition) is 3. The Labute approximate surface area is 108 Å². The van der Waals surface area contributed by atoms with Crippen molar-refractivity contribution in [1.82, 2.24) is 15.3 Å². The summed E-state index contributed by atoms with van der Waals surface area (Å²) in [7, 11) is 1.80. The third-order valence-electron chi connectivity index (χ3n) is 2.50. The lowest BCUT2D eigenvalue weighted by Gasteiger charge is -2.18. The van der Waals surface area contributed by atoms with Crippen LogP contribution in [0.25, 0.3) is 0 Å². The van der Waals surface area contributed by atoms with Gasteiger partial charge in [0.2, 0.25) is 5.91 Å². The van der Waals surface area contributed by atoms with E-state index in [9.17, 15) is 4.79 Å². The molecule has 0 fully saturated rings. The van der Waals surface area contributed by atoms with Crippen LogP contribution in [0.4, 0.5) is 11.6 Å². The second-order valence-electron chi connectivity index (χ2n) is 4.48. The first kappa shape index (κ1) is 14.2. The van der Waals surface area contributed by atoms with Gasteiger partial charge in [-0.1, -0.05) is 0 Å². The summed E-state index contributed by atoms with van der Waals surface area (Å²) in [6.45, 7) is 7.57. The van der Waals surface area contributed by atoms with Crippen LogP contribution in [0.15, 0.2) is 6.33 Å². The van der Waals surface area contributed by atoms with Gasteiger partial charge in [0, 0.05) is 18.7 Å². The van der Waals surface area contributed by atoms with Gasteiger partial charge in [0.1, 0.15) is 24.0 Å². The molecule has 1 aromatic rings. The van der Waals surface area contributed by atoms with E-state index in [-0.39, 0.29) is 18.0 Å². The lowest BCUT2D eigenvalue weighted by Crippen LogP contribution is -2.41. The Kier molecular flexibility index (Phi) is 4.88. The third-order valence-corrected chi connectivity index (χ3v) is 2.50. The predicted molar refractivity (Wildman–Crippen MR) is 72.7 cm³/mol. The van der Waals surface area contributed by atoms with Crippen LogP contribution < -0.4 is 16.0 Å². The maximum atomic E-state index is 11.8. The summed E-state index contributed by atoms with van der Waals surface area (Å²) in [5.74, 6) is 1.37. The molecule has 0 aliphatic carbocycles. The van der Waals surface area contributed by atoms with E-state index in [0.29, 0.717) is 5.82 Å². The average molecular weight is 251 g/mol. The van der Waals surface area contributed by atoms with Crippen molar-refractivity contribution in [3.8, 4) is 0 Å². The summed E-state index contributed by atoms with van der Waals surface area (Å²) < 4.78 is 0. The van der Waals surface area contributed by atoms with Crippen LogP contribution >= 0.6 is 0 Å². The molecule has 100 valence electrons. The Morgan fingerprint density at radius 2 is 1.83 bits per heavy atom. The molecular formula is C12H21N5O. The molecule has 0 saturated carbocycles. The van der Waals surface area contributed by atoms with Gasteiger partial charge in [-0.2, -0.15) is 0 Å². The van der Waals surface area contributed by atoms with E-state index in [0.717, 1.165) is 11.4 Å². The molecule has 6 heteroatoms. The number of nitrogens with zero attached hydrogens (tertiary/aromatic N) is 2. The van der Waals surface area contributed by atoms with E-state index in [4.69, 9.17) is 0 Å². The number of aromatic nitrogens is 2. The maximum absolute atomic E-state index is 11.8. The molecule has 0 saturated heterocycles. The zero-order chi connectivity index (χ0) is 13.7. The van der Waals surface area contributed by atoms with Gasteiger partial charge in [-0.3, -0.25) is 4.79 Å². The van der Waals surface area contributed by atoms with Gasteiger partial charge in [-0.25, -0.2) is 9.97 Å². The van der Waals surface area contributed by atoms with Gasteiger partial charge in [0.05, 0.1) is 0 Å².